The average molecular weight is 237 g/mol. The van der Waals surface area contributed by atoms with Gasteiger partial charge in [0.2, 0.25) is 0 Å². The lowest BCUT2D eigenvalue weighted by molar-refractivity contribution is 0.742. The molecule has 13 heavy (non-hydrogen) atoms. The van der Waals surface area contributed by atoms with Crippen LogP contribution in [0.1, 0.15) is 33.4 Å². The topological polar surface area (TPSA) is 0 Å². The predicted molar refractivity (Wildman–Crippen MR) is 58.6 cm³/mol. The van der Waals surface area contributed by atoms with Crippen molar-refractivity contribution >= 4 is 15.9 Å². The lowest BCUT2D eigenvalue weighted by atomic mass is 9.71. The molecule has 0 heterocycles. The molecule has 1 aromatic rings. The number of fused-ring (bicyclic) bond motifs is 2. The summed E-state index contributed by atoms with van der Waals surface area (Å²) in [5.74, 6) is 0. The maximum atomic E-state index is 3.62. The van der Waals surface area contributed by atoms with E-state index in [4.69, 9.17) is 0 Å². The zero-order chi connectivity index (χ0) is 9.00. The minimum absolute atomic E-state index is 1.07. The molecule has 1 heteroatoms. The molecule has 0 nitrogen and oxygen atoms in total. The molecule has 68 valence electrons. The molecule has 0 atom stereocenters. The minimum Gasteiger partial charge on any atom is -0.0876 e. The largest absolute Gasteiger partial charge is 0.0876 e. The van der Waals surface area contributed by atoms with Crippen molar-refractivity contribution in [1.29, 1.82) is 0 Å². The van der Waals surface area contributed by atoms with Gasteiger partial charge < -0.3 is 0 Å². The molecule has 0 bridgehead atoms. The standard InChI is InChI=1S/C12H13Br/c1-7-8-2-4-10(8)12(6-13)11-5-3-9(7)11/h2-6H2,1H3. The number of halogens is 1. The lowest BCUT2D eigenvalue weighted by Crippen LogP contribution is -2.23. The van der Waals surface area contributed by atoms with Crippen molar-refractivity contribution in [1.82, 2.24) is 0 Å². The molecule has 0 saturated heterocycles. The van der Waals surface area contributed by atoms with E-state index in [1.54, 1.807) is 33.4 Å². The molecule has 0 unspecified atom stereocenters. The fourth-order valence-electron chi connectivity index (χ4n) is 2.77. The van der Waals surface area contributed by atoms with Gasteiger partial charge in [0.1, 0.15) is 0 Å². The van der Waals surface area contributed by atoms with Gasteiger partial charge in [-0.1, -0.05) is 15.9 Å². The highest BCUT2D eigenvalue weighted by Gasteiger charge is 2.29. The van der Waals surface area contributed by atoms with Gasteiger partial charge >= 0.3 is 0 Å². The molecular weight excluding hydrogens is 224 g/mol. The minimum atomic E-state index is 1.07. The van der Waals surface area contributed by atoms with Crippen LogP contribution >= 0.6 is 15.9 Å². The summed E-state index contributed by atoms with van der Waals surface area (Å²) in [5.41, 5.74) is 9.95. The van der Waals surface area contributed by atoms with Gasteiger partial charge in [0.05, 0.1) is 0 Å². The number of benzene rings is 1. The summed E-state index contributed by atoms with van der Waals surface area (Å²) in [6.07, 6.45) is 5.30. The molecule has 0 N–H and O–H groups in total. The van der Waals surface area contributed by atoms with Gasteiger partial charge in [0.15, 0.2) is 0 Å². The van der Waals surface area contributed by atoms with Gasteiger partial charge in [0, 0.05) is 5.33 Å². The SMILES string of the molecule is Cc1c2c(c(CBr)c3c1CC3)CC2. The Morgan fingerprint density at radius 2 is 1.38 bits per heavy atom. The van der Waals surface area contributed by atoms with Crippen LogP contribution in [0, 0.1) is 6.92 Å². The van der Waals surface area contributed by atoms with E-state index < -0.39 is 0 Å². The molecule has 0 saturated carbocycles. The first kappa shape index (κ1) is 8.05. The van der Waals surface area contributed by atoms with Crippen LogP contribution in [0.3, 0.4) is 0 Å². The summed E-state index contributed by atoms with van der Waals surface area (Å²) in [6.45, 7) is 2.31. The molecule has 3 rings (SSSR count). The predicted octanol–water partition coefficient (Wildman–Crippen LogP) is 3.09. The second-order valence-electron chi connectivity index (χ2n) is 4.15. The zero-order valence-electron chi connectivity index (χ0n) is 7.91. The number of alkyl halides is 1. The first-order valence-corrected chi connectivity index (χ1v) is 6.16. The van der Waals surface area contributed by atoms with Crippen molar-refractivity contribution in [3.05, 3.63) is 33.4 Å². The lowest BCUT2D eigenvalue weighted by Gasteiger charge is -2.34. The Bertz CT molecular complexity index is 358. The van der Waals surface area contributed by atoms with E-state index in [1.807, 2.05) is 0 Å². The summed E-state index contributed by atoms with van der Waals surface area (Å²) in [5, 5.41) is 1.07. The number of hydrogen-bond donors (Lipinski definition) is 0. The van der Waals surface area contributed by atoms with Crippen molar-refractivity contribution < 1.29 is 0 Å². The molecule has 0 amide bonds. The van der Waals surface area contributed by atoms with Crippen LogP contribution in [0.2, 0.25) is 0 Å². The van der Waals surface area contributed by atoms with Crippen LogP contribution in [0.4, 0.5) is 0 Å². The van der Waals surface area contributed by atoms with Crippen LogP contribution in [0.15, 0.2) is 0 Å². The summed E-state index contributed by atoms with van der Waals surface area (Å²) in [7, 11) is 0. The molecule has 0 spiro atoms. The van der Waals surface area contributed by atoms with Gasteiger partial charge in [-0.05, 0) is 66.0 Å². The van der Waals surface area contributed by atoms with Gasteiger partial charge in [-0.2, -0.15) is 0 Å². The van der Waals surface area contributed by atoms with Crippen molar-refractivity contribution in [2.24, 2.45) is 0 Å². The van der Waals surface area contributed by atoms with Crippen LogP contribution in [0.25, 0.3) is 0 Å². The van der Waals surface area contributed by atoms with E-state index in [0.29, 0.717) is 0 Å². The number of rotatable bonds is 1. The average Bonchev–Trinajstić information content (AvgIpc) is 1.96. The molecule has 0 aromatic heterocycles. The van der Waals surface area contributed by atoms with Crippen LogP contribution in [0.5, 0.6) is 0 Å². The highest BCUT2D eigenvalue weighted by molar-refractivity contribution is 9.08. The summed E-state index contributed by atoms with van der Waals surface area (Å²) < 4.78 is 0. The fourth-order valence-corrected chi connectivity index (χ4v) is 3.45. The highest BCUT2D eigenvalue weighted by Crippen LogP contribution is 2.41. The van der Waals surface area contributed by atoms with Crippen molar-refractivity contribution in [3.8, 4) is 0 Å². The molecule has 2 aliphatic rings. The Morgan fingerprint density at radius 1 is 0.923 bits per heavy atom. The molecule has 0 fully saturated rings. The second-order valence-corrected chi connectivity index (χ2v) is 4.71. The maximum Gasteiger partial charge on any atom is 0.0288 e. The maximum absolute atomic E-state index is 3.62. The molecule has 0 radical (unpaired) electrons. The van der Waals surface area contributed by atoms with Crippen molar-refractivity contribution in [3.63, 3.8) is 0 Å². The van der Waals surface area contributed by atoms with Crippen molar-refractivity contribution in [2.45, 2.75) is 37.9 Å². The molecule has 2 aliphatic carbocycles. The first-order valence-electron chi connectivity index (χ1n) is 5.04. The zero-order valence-corrected chi connectivity index (χ0v) is 9.50. The van der Waals surface area contributed by atoms with Gasteiger partial charge in [0.25, 0.3) is 0 Å². The molecule has 0 aliphatic heterocycles. The summed E-state index contributed by atoms with van der Waals surface area (Å²) in [4.78, 5) is 0. The Hall–Kier alpha value is -0.300. The van der Waals surface area contributed by atoms with Crippen molar-refractivity contribution in [2.75, 3.05) is 0 Å². The Morgan fingerprint density at radius 3 is 1.69 bits per heavy atom. The van der Waals surface area contributed by atoms with E-state index in [1.165, 1.54) is 25.7 Å². The Kier molecular flexibility index (Phi) is 1.61. The van der Waals surface area contributed by atoms with Crippen LogP contribution in [-0.2, 0) is 31.0 Å². The summed E-state index contributed by atoms with van der Waals surface area (Å²) in [6, 6.07) is 0. The third-order valence-corrected chi connectivity index (χ3v) is 4.31. The quantitative estimate of drug-likeness (QED) is 0.658. The van der Waals surface area contributed by atoms with Gasteiger partial charge in [-0.15, -0.1) is 0 Å². The fraction of sp³-hybridized carbons (Fsp3) is 0.500. The van der Waals surface area contributed by atoms with E-state index in [-0.39, 0.29) is 0 Å². The van der Waals surface area contributed by atoms with E-state index in [9.17, 15) is 0 Å². The Labute approximate surface area is 87.5 Å². The molecule has 1 aromatic carbocycles. The smallest absolute Gasteiger partial charge is 0.0288 e. The van der Waals surface area contributed by atoms with Crippen LogP contribution in [-0.4, -0.2) is 0 Å². The van der Waals surface area contributed by atoms with Gasteiger partial charge in [-0.25, -0.2) is 0 Å². The van der Waals surface area contributed by atoms with E-state index in [2.05, 4.69) is 22.9 Å². The third kappa shape index (κ3) is 0.864. The third-order valence-electron chi connectivity index (χ3n) is 3.75. The second kappa shape index (κ2) is 2.60. The number of hydrogen-bond acceptors (Lipinski definition) is 0. The van der Waals surface area contributed by atoms with Gasteiger partial charge in [-0.3, -0.25) is 0 Å². The van der Waals surface area contributed by atoms with E-state index in [0.717, 1.165) is 5.33 Å². The van der Waals surface area contributed by atoms with Crippen LogP contribution < -0.4 is 0 Å². The highest BCUT2D eigenvalue weighted by atomic mass is 79.9. The normalized spacial score (nSPS) is 17.1. The monoisotopic (exact) mass is 236 g/mol. The summed E-state index contributed by atoms with van der Waals surface area (Å²) >= 11 is 3.62. The Balaban J connectivity index is 2.32. The first-order chi connectivity index (χ1) is 6.33. The molecular formula is C12H13Br. The van der Waals surface area contributed by atoms with E-state index >= 15 is 0 Å².